The fraction of sp³-hybridized carbons (Fsp3) is 0.550. The molecule has 5 nitrogen and oxygen atoms in total. The molecule has 4 rings (SSSR count). The lowest BCUT2D eigenvalue weighted by molar-refractivity contribution is -0.0313. The normalized spacial score (nSPS) is 32.3. The van der Waals surface area contributed by atoms with Gasteiger partial charge in [0.1, 0.15) is 11.6 Å². The van der Waals surface area contributed by atoms with Crippen molar-refractivity contribution in [2.75, 3.05) is 19.3 Å². The van der Waals surface area contributed by atoms with Crippen LogP contribution in [0.15, 0.2) is 18.2 Å². The van der Waals surface area contributed by atoms with E-state index in [9.17, 15) is 14.6 Å². The highest BCUT2D eigenvalue weighted by Crippen LogP contribution is 2.66. The van der Waals surface area contributed by atoms with Gasteiger partial charge in [-0.05, 0) is 62.5 Å². The van der Waals surface area contributed by atoms with Gasteiger partial charge in [-0.15, -0.1) is 0 Å². The first-order chi connectivity index (χ1) is 12.8. The molecular formula is C20H25ClFN3O2. The Morgan fingerprint density at radius 1 is 1.37 bits per heavy atom. The highest BCUT2D eigenvalue weighted by Gasteiger charge is 2.70. The molecule has 0 bridgehead atoms. The van der Waals surface area contributed by atoms with Gasteiger partial charge in [0.15, 0.2) is 0 Å². The van der Waals surface area contributed by atoms with Gasteiger partial charge in [-0.1, -0.05) is 18.5 Å². The first kappa shape index (κ1) is 18.9. The molecule has 1 aromatic heterocycles. The molecule has 7 heteroatoms. The fourth-order valence-electron chi connectivity index (χ4n) is 4.93. The van der Waals surface area contributed by atoms with Crippen LogP contribution in [0.4, 0.5) is 10.2 Å². The summed E-state index contributed by atoms with van der Waals surface area (Å²) in [7, 11) is 1.98. The maximum Gasteiger partial charge on any atom is 0.142 e. The van der Waals surface area contributed by atoms with E-state index in [2.05, 4.69) is 9.88 Å². The summed E-state index contributed by atoms with van der Waals surface area (Å²) in [6, 6.07) is 4.81. The minimum Gasteiger partial charge on any atom is -0.390 e. The molecule has 1 aromatic carbocycles. The molecule has 0 amide bonds. The third-order valence-electron chi connectivity index (χ3n) is 6.66. The van der Waals surface area contributed by atoms with E-state index >= 15 is 0 Å². The van der Waals surface area contributed by atoms with Gasteiger partial charge < -0.3 is 20.8 Å². The van der Waals surface area contributed by atoms with Gasteiger partial charge in [0.05, 0.1) is 22.7 Å². The van der Waals surface area contributed by atoms with Gasteiger partial charge in [0.25, 0.3) is 0 Å². The quantitative estimate of drug-likeness (QED) is 0.727. The Bertz CT molecular complexity index is 895. The number of hydrogen-bond donors (Lipinski definition) is 3. The lowest BCUT2D eigenvalue weighted by Crippen LogP contribution is -2.44. The first-order valence-electron chi connectivity index (χ1n) is 9.39. The molecule has 2 saturated carbocycles. The third kappa shape index (κ3) is 2.90. The molecule has 0 unspecified atom stereocenters. The zero-order chi connectivity index (χ0) is 19.5. The molecule has 0 aliphatic heterocycles. The lowest BCUT2D eigenvalue weighted by atomic mass is 9.91. The number of rotatable bonds is 5. The maximum absolute atomic E-state index is 14.5. The SMILES string of the molecule is CCN(C)[C@H]1[C@H](O)[C@H](O)[C@@]2(CCc3cc(F)c4cc(Cl)c(N)nc4c3)C[C@H]12. The Morgan fingerprint density at radius 3 is 2.81 bits per heavy atom. The molecule has 2 fully saturated rings. The van der Waals surface area contributed by atoms with Crippen molar-refractivity contribution < 1.29 is 14.6 Å². The number of nitrogen functional groups attached to an aromatic ring is 1. The Hall–Kier alpha value is -1.47. The molecular weight excluding hydrogens is 369 g/mol. The minimum absolute atomic E-state index is 0.0121. The summed E-state index contributed by atoms with van der Waals surface area (Å²) in [5.41, 5.74) is 6.76. The second-order valence-corrected chi connectivity index (χ2v) is 8.45. The van der Waals surface area contributed by atoms with Gasteiger partial charge in [-0.3, -0.25) is 0 Å². The number of nitrogens with two attached hydrogens (primary N) is 1. The molecule has 2 aliphatic rings. The number of anilines is 1. The molecule has 2 aliphatic carbocycles. The van der Waals surface area contributed by atoms with Crippen molar-refractivity contribution in [3.63, 3.8) is 0 Å². The van der Waals surface area contributed by atoms with Gasteiger partial charge >= 0.3 is 0 Å². The van der Waals surface area contributed by atoms with Crippen LogP contribution in [0.2, 0.25) is 5.02 Å². The van der Waals surface area contributed by atoms with E-state index in [1.807, 2.05) is 20.0 Å². The summed E-state index contributed by atoms with van der Waals surface area (Å²) >= 11 is 5.94. The summed E-state index contributed by atoms with van der Waals surface area (Å²) in [4.78, 5) is 6.30. The summed E-state index contributed by atoms with van der Waals surface area (Å²) in [6.45, 7) is 2.87. The Kier molecular flexibility index (Phi) is 4.58. The fourth-order valence-corrected chi connectivity index (χ4v) is 5.08. The van der Waals surface area contributed by atoms with Gasteiger partial charge in [0.2, 0.25) is 0 Å². The van der Waals surface area contributed by atoms with Crippen molar-refractivity contribution in [1.82, 2.24) is 9.88 Å². The van der Waals surface area contributed by atoms with Gasteiger partial charge in [-0.2, -0.15) is 0 Å². The average Bonchev–Trinajstić information content (AvgIpc) is 3.31. The van der Waals surface area contributed by atoms with Crippen LogP contribution in [0.3, 0.4) is 0 Å². The smallest absolute Gasteiger partial charge is 0.142 e. The van der Waals surface area contributed by atoms with Crippen molar-refractivity contribution in [3.05, 3.63) is 34.6 Å². The zero-order valence-electron chi connectivity index (χ0n) is 15.5. The Labute approximate surface area is 162 Å². The number of aryl methyl sites for hydroxylation is 1. The number of benzene rings is 1. The summed E-state index contributed by atoms with van der Waals surface area (Å²) in [5, 5.41) is 21.7. The van der Waals surface area contributed by atoms with Crippen LogP contribution in [-0.4, -0.2) is 51.9 Å². The predicted octanol–water partition coefficient (Wildman–Crippen LogP) is 2.60. The molecule has 146 valence electrons. The number of aromatic nitrogens is 1. The first-order valence-corrected chi connectivity index (χ1v) is 9.77. The van der Waals surface area contributed by atoms with Crippen LogP contribution >= 0.6 is 11.6 Å². The molecule has 0 radical (unpaired) electrons. The van der Waals surface area contributed by atoms with Crippen LogP contribution in [0.1, 0.15) is 25.3 Å². The molecule has 2 aromatic rings. The number of likely N-dealkylation sites (N-methyl/N-ethyl adjacent to an activating group) is 1. The molecule has 4 N–H and O–H groups in total. The number of aliphatic hydroxyl groups excluding tert-OH is 2. The van der Waals surface area contributed by atoms with E-state index in [1.165, 1.54) is 12.1 Å². The number of aliphatic hydroxyl groups is 2. The third-order valence-corrected chi connectivity index (χ3v) is 6.97. The highest BCUT2D eigenvalue weighted by molar-refractivity contribution is 6.33. The topological polar surface area (TPSA) is 82.6 Å². The Morgan fingerprint density at radius 2 is 2.11 bits per heavy atom. The number of nitrogens with zero attached hydrogens (tertiary/aromatic N) is 2. The molecule has 0 spiro atoms. The molecule has 0 saturated heterocycles. The second kappa shape index (κ2) is 6.55. The van der Waals surface area contributed by atoms with Crippen molar-refractivity contribution >= 4 is 28.3 Å². The van der Waals surface area contributed by atoms with E-state index in [0.717, 1.165) is 18.5 Å². The van der Waals surface area contributed by atoms with Crippen molar-refractivity contribution in [2.45, 2.75) is 44.4 Å². The molecule has 5 atom stereocenters. The number of hydrogen-bond acceptors (Lipinski definition) is 5. The zero-order valence-corrected chi connectivity index (χ0v) is 16.2. The Balaban J connectivity index is 1.55. The van der Waals surface area contributed by atoms with Crippen molar-refractivity contribution in [3.8, 4) is 0 Å². The number of fused-ring (bicyclic) bond motifs is 2. The second-order valence-electron chi connectivity index (χ2n) is 8.04. The van der Waals surface area contributed by atoms with Crippen molar-refractivity contribution in [1.29, 1.82) is 0 Å². The summed E-state index contributed by atoms with van der Waals surface area (Å²) < 4.78 is 14.5. The monoisotopic (exact) mass is 393 g/mol. The summed E-state index contributed by atoms with van der Waals surface area (Å²) in [6.07, 6.45) is 0.750. The maximum atomic E-state index is 14.5. The predicted molar refractivity (Wildman–Crippen MR) is 104 cm³/mol. The molecule has 1 heterocycles. The van der Waals surface area contributed by atoms with E-state index in [0.29, 0.717) is 23.7 Å². The lowest BCUT2D eigenvalue weighted by Gasteiger charge is -2.29. The molecule has 27 heavy (non-hydrogen) atoms. The van der Waals surface area contributed by atoms with Crippen LogP contribution in [0.5, 0.6) is 0 Å². The highest BCUT2D eigenvalue weighted by atomic mass is 35.5. The number of halogens is 2. The number of pyridine rings is 1. The van der Waals surface area contributed by atoms with Gasteiger partial charge in [0, 0.05) is 16.8 Å². The van der Waals surface area contributed by atoms with Crippen LogP contribution in [-0.2, 0) is 6.42 Å². The van der Waals surface area contributed by atoms with E-state index < -0.39 is 12.2 Å². The summed E-state index contributed by atoms with van der Waals surface area (Å²) in [5.74, 6) is 0.0871. The van der Waals surface area contributed by atoms with Crippen LogP contribution in [0, 0.1) is 17.2 Å². The van der Waals surface area contributed by atoms with Crippen LogP contribution < -0.4 is 5.73 Å². The average molecular weight is 394 g/mol. The van der Waals surface area contributed by atoms with E-state index in [1.54, 1.807) is 0 Å². The largest absolute Gasteiger partial charge is 0.390 e. The minimum atomic E-state index is -0.737. The standard InChI is InChI=1S/C20H25ClFN3O2/c1-3-25(2)16-12-9-20(12,18(27)17(16)26)5-4-10-6-14(22)11-8-13(21)19(23)24-15(11)7-10/h6-8,12,16-18,26-27H,3-5,9H2,1-2H3,(H2,23,24)/t12-,16-,17+,18+,20+/m1/s1. The van der Waals surface area contributed by atoms with E-state index in [-0.39, 0.29) is 34.0 Å². The van der Waals surface area contributed by atoms with Crippen molar-refractivity contribution in [2.24, 2.45) is 11.3 Å². The van der Waals surface area contributed by atoms with Gasteiger partial charge in [-0.25, -0.2) is 9.37 Å². The van der Waals surface area contributed by atoms with E-state index in [4.69, 9.17) is 17.3 Å². The van der Waals surface area contributed by atoms with Crippen LogP contribution in [0.25, 0.3) is 10.9 Å².